The highest BCUT2D eigenvalue weighted by molar-refractivity contribution is 6.12. The highest BCUT2D eigenvalue weighted by atomic mass is 16.4. The van der Waals surface area contributed by atoms with Gasteiger partial charge >= 0.3 is 0 Å². The van der Waals surface area contributed by atoms with E-state index in [1.807, 2.05) is 6.07 Å². The summed E-state index contributed by atoms with van der Waals surface area (Å²) < 4.78 is 0. The number of hydrogen-bond donors (Lipinski definition) is 3. The van der Waals surface area contributed by atoms with Crippen molar-refractivity contribution in [1.29, 1.82) is 0 Å². The fourth-order valence-electron chi connectivity index (χ4n) is 3.57. The molecule has 5 heteroatoms. The molecule has 0 unspecified atom stereocenters. The lowest BCUT2D eigenvalue weighted by atomic mass is 9.83. The Hall–Kier alpha value is -2.04. The predicted molar refractivity (Wildman–Crippen MR) is 81.4 cm³/mol. The van der Waals surface area contributed by atoms with Crippen molar-refractivity contribution in [2.45, 2.75) is 44.9 Å². The first kappa shape index (κ1) is 13.9. The SMILES string of the molecule is NC(=NO)C1(C(=O)Nc2ccc3c(c2)CCC3)CCCC1. The highest BCUT2D eigenvalue weighted by Gasteiger charge is 2.45. The van der Waals surface area contributed by atoms with Crippen molar-refractivity contribution in [3.05, 3.63) is 29.3 Å². The van der Waals surface area contributed by atoms with Gasteiger partial charge in [0.05, 0.1) is 0 Å². The first-order valence-electron chi connectivity index (χ1n) is 7.57. The molecule has 4 N–H and O–H groups in total. The number of anilines is 1. The van der Waals surface area contributed by atoms with Crippen molar-refractivity contribution < 1.29 is 10.0 Å². The maximum Gasteiger partial charge on any atom is 0.238 e. The van der Waals surface area contributed by atoms with Crippen LogP contribution in [0.2, 0.25) is 0 Å². The molecule has 5 nitrogen and oxygen atoms in total. The van der Waals surface area contributed by atoms with E-state index in [-0.39, 0.29) is 11.7 Å². The van der Waals surface area contributed by atoms with Crippen LogP contribution in [0.5, 0.6) is 0 Å². The van der Waals surface area contributed by atoms with Crippen LogP contribution in [0, 0.1) is 5.41 Å². The summed E-state index contributed by atoms with van der Waals surface area (Å²) in [5.74, 6) is -0.132. The van der Waals surface area contributed by atoms with E-state index in [2.05, 4.69) is 22.6 Å². The molecule has 0 bridgehead atoms. The summed E-state index contributed by atoms with van der Waals surface area (Å²) in [5, 5.41) is 15.0. The highest BCUT2D eigenvalue weighted by Crippen LogP contribution is 2.39. The number of nitrogens with zero attached hydrogens (tertiary/aromatic N) is 1. The van der Waals surface area contributed by atoms with Gasteiger partial charge in [-0.1, -0.05) is 24.1 Å². The van der Waals surface area contributed by atoms with Gasteiger partial charge in [-0.05, 0) is 55.4 Å². The number of nitrogens with two attached hydrogens (primary N) is 1. The number of aryl methyl sites for hydroxylation is 2. The van der Waals surface area contributed by atoms with Crippen LogP contribution in [0.25, 0.3) is 0 Å². The Balaban J connectivity index is 1.82. The molecule has 1 aromatic rings. The van der Waals surface area contributed by atoms with Gasteiger partial charge in [0.15, 0.2) is 5.84 Å². The molecule has 0 aliphatic heterocycles. The zero-order valence-corrected chi connectivity index (χ0v) is 12.1. The molecule has 1 saturated carbocycles. The van der Waals surface area contributed by atoms with Gasteiger partial charge in [-0.3, -0.25) is 4.79 Å². The number of fused-ring (bicyclic) bond motifs is 1. The average Bonchev–Trinajstić information content (AvgIpc) is 3.15. The summed E-state index contributed by atoms with van der Waals surface area (Å²) in [6, 6.07) is 6.08. The van der Waals surface area contributed by atoms with Gasteiger partial charge in [0.25, 0.3) is 0 Å². The van der Waals surface area contributed by atoms with Crippen LogP contribution in [-0.4, -0.2) is 17.0 Å². The van der Waals surface area contributed by atoms with Crippen LogP contribution in [0.3, 0.4) is 0 Å². The van der Waals surface area contributed by atoms with Crippen molar-refractivity contribution in [3.8, 4) is 0 Å². The van der Waals surface area contributed by atoms with Crippen molar-refractivity contribution in [2.75, 3.05) is 5.32 Å². The van der Waals surface area contributed by atoms with Gasteiger partial charge in [0.2, 0.25) is 5.91 Å². The molecule has 1 amide bonds. The Bertz CT molecular complexity index is 589. The smallest absolute Gasteiger partial charge is 0.238 e. The summed E-state index contributed by atoms with van der Waals surface area (Å²) in [6.07, 6.45) is 6.50. The summed E-state index contributed by atoms with van der Waals surface area (Å²) in [4.78, 5) is 12.7. The number of rotatable bonds is 3. The zero-order chi connectivity index (χ0) is 14.9. The monoisotopic (exact) mass is 287 g/mol. The van der Waals surface area contributed by atoms with Crippen LogP contribution in [-0.2, 0) is 17.6 Å². The van der Waals surface area contributed by atoms with Gasteiger partial charge in [-0.2, -0.15) is 0 Å². The Morgan fingerprint density at radius 1 is 1.19 bits per heavy atom. The summed E-state index contributed by atoms with van der Waals surface area (Å²) in [6.45, 7) is 0. The van der Waals surface area contributed by atoms with Crippen LogP contribution in [0.1, 0.15) is 43.2 Å². The van der Waals surface area contributed by atoms with E-state index in [1.165, 1.54) is 17.5 Å². The maximum atomic E-state index is 12.7. The summed E-state index contributed by atoms with van der Waals surface area (Å²) in [5.41, 5.74) is 8.44. The van der Waals surface area contributed by atoms with Crippen LogP contribution >= 0.6 is 0 Å². The zero-order valence-electron chi connectivity index (χ0n) is 12.1. The normalized spacial score (nSPS) is 20.3. The third kappa shape index (κ3) is 2.37. The molecular formula is C16H21N3O2. The van der Waals surface area contributed by atoms with E-state index >= 15 is 0 Å². The second-order valence-corrected chi connectivity index (χ2v) is 6.07. The first-order valence-corrected chi connectivity index (χ1v) is 7.57. The molecule has 0 saturated heterocycles. The molecule has 1 aromatic carbocycles. The van der Waals surface area contributed by atoms with Gasteiger partial charge in [-0.25, -0.2) is 0 Å². The average molecular weight is 287 g/mol. The maximum absolute atomic E-state index is 12.7. The van der Waals surface area contributed by atoms with E-state index in [4.69, 9.17) is 10.9 Å². The van der Waals surface area contributed by atoms with Gasteiger partial charge < -0.3 is 16.3 Å². The Morgan fingerprint density at radius 2 is 1.90 bits per heavy atom. The second kappa shape index (κ2) is 5.39. The third-order valence-electron chi connectivity index (χ3n) is 4.85. The second-order valence-electron chi connectivity index (χ2n) is 6.07. The molecule has 21 heavy (non-hydrogen) atoms. The van der Waals surface area contributed by atoms with E-state index in [0.717, 1.165) is 31.4 Å². The number of carbonyl (C=O) groups excluding carboxylic acids is 1. The van der Waals surface area contributed by atoms with Crippen molar-refractivity contribution >= 4 is 17.4 Å². The van der Waals surface area contributed by atoms with E-state index < -0.39 is 5.41 Å². The standard InChI is InChI=1S/C16H21N3O2/c17-14(19-21)16(8-1-2-9-16)15(20)18-13-7-6-11-4-3-5-12(11)10-13/h6-7,10,21H,1-5,8-9H2,(H2,17,19)(H,18,20). The van der Waals surface area contributed by atoms with E-state index in [9.17, 15) is 4.79 Å². The van der Waals surface area contributed by atoms with Crippen LogP contribution in [0.15, 0.2) is 23.4 Å². The fraction of sp³-hybridized carbons (Fsp3) is 0.500. The minimum absolute atomic E-state index is 0.0265. The summed E-state index contributed by atoms with van der Waals surface area (Å²) in [7, 11) is 0. The third-order valence-corrected chi connectivity index (χ3v) is 4.85. The Kier molecular flexibility index (Phi) is 3.57. The molecule has 0 aromatic heterocycles. The molecule has 2 aliphatic carbocycles. The molecule has 1 fully saturated rings. The minimum Gasteiger partial charge on any atom is -0.409 e. The lowest BCUT2D eigenvalue weighted by Gasteiger charge is -2.26. The number of carbonyl (C=O) groups is 1. The molecule has 2 aliphatic rings. The van der Waals surface area contributed by atoms with Crippen molar-refractivity contribution in [2.24, 2.45) is 16.3 Å². The molecule has 112 valence electrons. The van der Waals surface area contributed by atoms with E-state index in [0.29, 0.717) is 12.8 Å². The first-order chi connectivity index (χ1) is 10.2. The largest absolute Gasteiger partial charge is 0.409 e. The van der Waals surface area contributed by atoms with Crippen molar-refractivity contribution in [3.63, 3.8) is 0 Å². The molecule has 3 rings (SSSR count). The molecule has 0 heterocycles. The Labute approximate surface area is 124 Å². The van der Waals surface area contributed by atoms with E-state index in [1.54, 1.807) is 0 Å². The lowest BCUT2D eigenvalue weighted by Crippen LogP contribution is -2.45. The molecule has 0 radical (unpaired) electrons. The van der Waals surface area contributed by atoms with Crippen molar-refractivity contribution in [1.82, 2.24) is 0 Å². The Morgan fingerprint density at radius 3 is 2.62 bits per heavy atom. The number of oxime groups is 1. The summed E-state index contributed by atoms with van der Waals surface area (Å²) >= 11 is 0. The molecule has 0 spiro atoms. The number of nitrogens with one attached hydrogen (secondary N) is 1. The fourth-order valence-corrected chi connectivity index (χ4v) is 3.57. The van der Waals surface area contributed by atoms with Gasteiger partial charge in [0.1, 0.15) is 5.41 Å². The topological polar surface area (TPSA) is 87.7 Å². The van der Waals surface area contributed by atoms with Gasteiger partial charge in [0, 0.05) is 5.69 Å². The minimum atomic E-state index is -0.853. The predicted octanol–water partition coefficient (Wildman–Crippen LogP) is 2.42. The van der Waals surface area contributed by atoms with Crippen LogP contribution < -0.4 is 11.1 Å². The number of amides is 1. The quantitative estimate of drug-likeness (QED) is 0.345. The number of amidine groups is 1. The molecule has 0 atom stereocenters. The van der Waals surface area contributed by atoms with Crippen LogP contribution in [0.4, 0.5) is 5.69 Å². The number of hydrogen-bond acceptors (Lipinski definition) is 3. The molecular weight excluding hydrogens is 266 g/mol. The number of benzene rings is 1. The lowest BCUT2D eigenvalue weighted by molar-refractivity contribution is -0.122. The van der Waals surface area contributed by atoms with Gasteiger partial charge in [-0.15, -0.1) is 0 Å².